The number of nitrogens with zero attached hydrogens (tertiary/aromatic N) is 4. The number of hydrogen-bond acceptors (Lipinski definition) is 5. The van der Waals surface area contributed by atoms with Crippen molar-refractivity contribution in [2.75, 3.05) is 37.6 Å². The minimum absolute atomic E-state index is 0.0701. The lowest BCUT2D eigenvalue weighted by Gasteiger charge is -2.36. The third-order valence-corrected chi connectivity index (χ3v) is 4.25. The van der Waals surface area contributed by atoms with Crippen LogP contribution in [-0.4, -0.2) is 47.6 Å². The monoisotopic (exact) mass is 297 g/mol. The van der Waals surface area contributed by atoms with Crippen LogP contribution in [0.25, 0.3) is 0 Å². The fourth-order valence-corrected chi connectivity index (χ4v) is 2.96. The molecule has 1 unspecified atom stereocenters. The van der Waals surface area contributed by atoms with Crippen LogP contribution < -0.4 is 10.6 Å². The molecule has 1 aromatic heterocycles. The summed E-state index contributed by atoms with van der Waals surface area (Å²) in [4.78, 5) is 13.3. The van der Waals surface area contributed by atoms with Gasteiger partial charge in [-0.25, -0.2) is 9.97 Å². The Labute approximate surface area is 131 Å². The number of rotatable bonds is 4. The molecule has 0 aliphatic carbocycles. The van der Waals surface area contributed by atoms with Gasteiger partial charge in [-0.1, -0.05) is 24.3 Å². The first-order valence-electron chi connectivity index (χ1n) is 7.79. The molecule has 0 radical (unpaired) electrons. The highest BCUT2D eigenvalue weighted by atomic mass is 15.3. The van der Waals surface area contributed by atoms with E-state index in [0.717, 1.165) is 38.7 Å². The lowest BCUT2D eigenvalue weighted by atomic mass is 10.0. The largest absolute Gasteiger partial charge is 0.338 e. The number of aryl methyl sites for hydroxylation is 1. The maximum absolute atomic E-state index is 6.39. The second kappa shape index (κ2) is 6.85. The first kappa shape index (κ1) is 14.9. The molecular formula is C17H23N5. The van der Waals surface area contributed by atoms with Gasteiger partial charge in [0.1, 0.15) is 0 Å². The molecule has 1 aromatic carbocycles. The molecule has 0 bridgehead atoms. The Morgan fingerprint density at radius 3 is 2.41 bits per heavy atom. The SMILES string of the molecule is Cc1ccccc1C(N)CN1CCN(c2ncccn2)CC1. The van der Waals surface area contributed by atoms with E-state index >= 15 is 0 Å². The zero-order valence-corrected chi connectivity index (χ0v) is 13.0. The molecule has 2 N–H and O–H groups in total. The van der Waals surface area contributed by atoms with Crippen molar-refractivity contribution in [2.24, 2.45) is 5.73 Å². The fourth-order valence-electron chi connectivity index (χ4n) is 2.96. The molecule has 2 aromatic rings. The van der Waals surface area contributed by atoms with Gasteiger partial charge in [-0.2, -0.15) is 0 Å². The molecule has 1 atom stereocenters. The molecule has 1 aliphatic rings. The van der Waals surface area contributed by atoms with Gasteiger partial charge < -0.3 is 10.6 Å². The van der Waals surface area contributed by atoms with E-state index in [1.54, 1.807) is 12.4 Å². The maximum Gasteiger partial charge on any atom is 0.225 e. The molecule has 1 fully saturated rings. The first-order valence-corrected chi connectivity index (χ1v) is 7.79. The molecule has 0 saturated carbocycles. The molecule has 1 saturated heterocycles. The average Bonchev–Trinajstić information content (AvgIpc) is 2.57. The van der Waals surface area contributed by atoms with Crippen LogP contribution >= 0.6 is 0 Å². The quantitative estimate of drug-likeness (QED) is 0.929. The molecule has 0 amide bonds. The smallest absolute Gasteiger partial charge is 0.225 e. The average molecular weight is 297 g/mol. The highest BCUT2D eigenvalue weighted by Gasteiger charge is 2.21. The van der Waals surface area contributed by atoms with Gasteiger partial charge in [-0.05, 0) is 24.1 Å². The summed E-state index contributed by atoms with van der Waals surface area (Å²) in [5.74, 6) is 0.824. The summed E-state index contributed by atoms with van der Waals surface area (Å²) in [7, 11) is 0. The summed E-state index contributed by atoms with van der Waals surface area (Å²) in [6, 6.07) is 10.3. The van der Waals surface area contributed by atoms with Crippen LogP contribution in [-0.2, 0) is 0 Å². The topological polar surface area (TPSA) is 58.3 Å². The summed E-state index contributed by atoms with van der Waals surface area (Å²) in [6.07, 6.45) is 3.59. The van der Waals surface area contributed by atoms with E-state index in [-0.39, 0.29) is 6.04 Å². The zero-order valence-electron chi connectivity index (χ0n) is 13.0. The lowest BCUT2D eigenvalue weighted by Crippen LogP contribution is -2.48. The standard InChI is InChI=1S/C17H23N5/c1-14-5-2-3-6-15(14)16(18)13-21-9-11-22(12-10-21)17-19-7-4-8-20-17/h2-8,16H,9-13,18H2,1H3. The Hall–Kier alpha value is -1.98. The fraction of sp³-hybridized carbons (Fsp3) is 0.412. The van der Waals surface area contributed by atoms with Crippen molar-refractivity contribution in [3.63, 3.8) is 0 Å². The van der Waals surface area contributed by atoms with Crippen LogP contribution in [0.2, 0.25) is 0 Å². The van der Waals surface area contributed by atoms with E-state index < -0.39 is 0 Å². The van der Waals surface area contributed by atoms with Crippen molar-refractivity contribution >= 4 is 5.95 Å². The Kier molecular flexibility index (Phi) is 4.65. The van der Waals surface area contributed by atoms with Gasteiger partial charge in [0, 0.05) is 51.2 Å². The van der Waals surface area contributed by atoms with Crippen molar-refractivity contribution in [3.05, 3.63) is 53.9 Å². The molecule has 5 heteroatoms. The van der Waals surface area contributed by atoms with Gasteiger partial charge in [0.15, 0.2) is 0 Å². The highest BCUT2D eigenvalue weighted by molar-refractivity contribution is 5.30. The molecular weight excluding hydrogens is 274 g/mol. The summed E-state index contributed by atoms with van der Waals surface area (Å²) < 4.78 is 0. The van der Waals surface area contributed by atoms with Crippen LogP contribution in [0.15, 0.2) is 42.7 Å². The summed E-state index contributed by atoms with van der Waals surface area (Å²) in [6.45, 7) is 6.92. The number of aromatic nitrogens is 2. The first-order chi connectivity index (χ1) is 10.7. The predicted molar refractivity (Wildman–Crippen MR) is 88.8 cm³/mol. The number of benzene rings is 1. The van der Waals surface area contributed by atoms with Gasteiger partial charge in [0.25, 0.3) is 0 Å². The van der Waals surface area contributed by atoms with Crippen molar-refractivity contribution in [3.8, 4) is 0 Å². The van der Waals surface area contributed by atoms with Gasteiger partial charge in [-0.15, -0.1) is 0 Å². The number of hydrogen-bond donors (Lipinski definition) is 1. The van der Waals surface area contributed by atoms with Gasteiger partial charge in [0.05, 0.1) is 0 Å². The Balaban J connectivity index is 1.55. The Morgan fingerprint density at radius 1 is 1.05 bits per heavy atom. The molecule has 5 nitrogen and oxygen atoms in total. The second-order valence-corrected chi connectivity index (χ2v) is 5.80. The Morgan fingerprint density at radius 2 is 1.73 bits per heavy atom. The minimum Gasteiger partial charge on any atom is -0.338 e. The number of anilines is 1. The number of nitrogens with two attached hydrogens (primary N) is 1. The van der Waals surface area contributed by atoms with E-state index in [9.17, 15) is 0 Å². The van der Waals surface area contributed by atoms with Crippen molar-refractivity contribution in [1.82, 2.24) is 14.9 Å². The van der Waals surface area contributed by atoms with Crippen LogP contribution in [0.4, 0.5) is 5.95 Å². The zero-order chi connectivity index (χ0) is 15.4. The van der Waals surface area contributed by atoms with Crippen molar-refractivity contribution in [1.29, 1.82) is 0 Å². The normalized spacial score (nSPS) is 17.5. The summed E-state index contributed by atoms with van der Waals surface area (Å²) in [5, 5.41) is 0. The van der Waals surface area contributed by atoms with Crippen LogP contribution in [0.3, 0.4) is 0 Å². The van der Waals surface area contributed by atoms with E-state index in [1.165, 1.54) is 11.1 Å². The number of piperazine rings is 1. The molecule has 0 spiro atoms. The predicted octanol–water partition coefficient (Wildman–Crippen LogP) is 1.61. The van der Waals surface area contributed by atoms with Crippen LogP contribution in [0, 0.1) is 6.92 Å². The van der Waals surface area contributed by atoms with E-state index in [4.69, 9.17) is 5.73 Å². The third-order valence-electron chi connectivity index (χ3n) is 4.25. The molecule has 22 heavy (non-hydrogen) atoms. The lowest BCUT2D eigenvalue weighted by molar-refractivity contribution is 0.242. The minimum atomic E-state index is 0.0701. The van der Waals surface area contributed by atoms with Crippen LogP contribution in [0.5, 0.6) is 0 Å². The van der Waals surface area contributed by atoms with Crippen molar-refractivity contribution < 1.29 is 0 Å². The summed E-state index contributed by atoms with van der Waals surface area (Å²) in [5.41, 5.74) is 8.91. The van der Waals surface area contributed by atoms with E-state index in [2.05, 4.69) is 51.0 Å². The summed E-state index contributed by atoms with van der Waals surface area (Å²) >= 11 is 0. The molecule has 2 heterocycles. The van der Waals surface area contributed by atoms with E-state index in [0.29, 0.717) is 0 Å². The molecule has 116 valence electrons. The van der Waals surface area contributed by atoms with Crippen LogP contribution in [0.1, 0.15) is 17.2 Å². The van der Waals surface area contributed by atoms with Gasteiger partial charge >= 0.3 is 0 Å². The molecule has 1 aliphatic heterocycles. The second-order valence-electron chi connectivity index (χ2n) is 5.80. The molecule has 3 rings (SSSR count). The Bertz CT molecular complexity index is 593. The van der Waals surface area contributed by atoms with Gasteiger partial charge in [-0.3, -0.25) is 4.90 Å². The highest BCUT2D eigenvalue weighted by Crippen LogP contribution is 2.17. The van der Waals surface area contributed by atoms with Gasteiger partial charge in [0.2, 0.25) is 5.95 Å². The van der Waals surface area contributed by atoms with E-state index in [1.807, 2.05) is 6.07 Å². The third kappa shape index (κ3) is 3.43. The van der Waals surface area contributed by atoms with Crippen molar-refractivity contribution in [2.45, 2.75) is 13.0 Å². The maximum atomic E-state index is 6.39.